The van der Waals surface area contributed by atoms with Crippen LogP contribution in [0.3, 0.4) is 0 Å². The van der Waals surface area contributed by atoms with Crippen LogP contribution < -0.4 is 21.7 Å². The molecule has 0 radical (unpaired) electrons. The van der Waals surface area contributed by atoms with Gasteiger partial charge < -0.3 is 26.5 Å². The average Bonchev–Trinajstić information content (AvgIpc) is 3.32. The molecule has 0 bridgehead atoms. The summed E-state index contributed by atoms with van der Waals surface area (Å²) in [5, 5.41) is 17.8. The van der Waals surface area contributed by atoms with E-state index in [-0.39, 0.29) is 18.6 Å². The van der Waals surface area contributed by atoms with Gasteiger partial charge in [0.25, 0.3) is 0 Å². The number of hydrogen-bond acceptors (Lipinski definition) is 6. The second-order valence-electron chi connectivity index (χ2n) is 7.30. The Morgan fingerprint density at radius 3 is 2.55 bits per heavy atom. The van der Waals surface area contributed by atoms with E-state index in [9.17, 15) is 29.1 Å². The number of carbonyl (C=O) groups is 5. The molecule has 3 atom stereocenters. The van der Waals surface area contributed by atoms with Crippen molar-refractivity contribution >= 4 is 40.4 Å². The summed E-state index contributed by atoms with van der Waals surface area (Å²) in [6.07, 6.45) is 1.27. The van der Waals surface area contributed by atoms with Crippen LogP contribution in [0.2, 0.25) is 0 Å². The lowest BCUT2D eigenvalue weighted by molar-refractivity contribution is -0.142. The first-order chi connectivity index (χ1) is 14.8. The van der Waals surface area contributed by atoms with Gasteiger partial charge in [-0.25, -0.2) is 4.79 Å². The first kappa shape index (κ1) is 22.0. The molecule has 1 aliphatic rings. The molecule has 2 aromatic rings. The molecule has 1 aromatic heterocycles. The van der Waals surface area contributed by atoms with Crippen molar-refractivity contribution < 1.29 is 29.1 Å². The van der Waals surface area contributed by atoms with Crippen LogP contribution in [-0.2, 0) is 30.4 Å². The number of aliphatic carboxylic acids is 1. The number of carboxylic acid groups (broad SMARTS) is 1. The van der Waals surface area contributed by atoms with Crippen molar-refractivity contribution in [2.24, 2.45) is 5.73 Å². The number of primary amides is 1. The molecular weight excluding hydrogens is 406 g/mol. The topological polar surface area (TPSA) is 183 Å². The third-order valence-corrected chi connectivity index (χ3v) is 5.06. The quantitative estimate of drug-likeness (QED) is 0.264. The molecule has 1 fully saturated rings. The van der Waals surface area contributed by atoms with E-state index in [0.29, 0.717) is 12.1 Å². The maximum atomic E-state index is 12.7. The molecule has 11 heteroatoms. The molecule has 11 nitrogen and oxygen atoms in total. The molecule has 1 aromatic carbocycles. The number of benzene rings is 1. The van der Waals surface area contributed by atoms with Gasteiger partial charge in [0.15, 0.2) is 5.78 Å². The summed E-state index contributed by atoms with van der Waals surface area (Å²) in [7, 11) is 0. The maximum absolute atomic E-state index is 12.7. The number of amides is 3. The zero-order valence-electron chi connectivity index (χ0n) is 16.5. The van der Waals surface area contributed by atoms with Crippen LogP contribution in [0.1, 0.15) is 18.4 Å². The molecule has 2 heterocycles. The fraction of sp³-hybridized carbons (Fsp3) is 0.350. The SMILES string of the molecule is NC(=O)C[C@H](NC(=O)[C@@H]1NCCC1=O)C(=O)N[C@@H](Cc1c[nH]c2ccccc12)C(=O)O. The van der Waals surface area contributed by atoms with Crippen molar-refractivity contribution in [3.63, 3.8) is 0 Å². The number of aromatic nitrogens is 1. The standard InChI is InChI=1S/C20H23N5O6/c21-16(27)8-13(24-19(29)17-15(26)5-6-22-17)18(28)25-14(20(30)31)7-10-9-23-12-4-2-1-3-11(10)12/h1-4,9,13-14,17,22-23H,5-8H2,(H2,21,27)(H,24,29)(H,25,28)(H,30,31)/t13-,14-,17+/m0/s1. The number of ketones is 1. The van der Waals surface area contributed by atoms with E-state index >= 15 is 0 Å². The van der Waals surface area contributed by atoms with Gasteiger partial charge in [0.05, 0.1) is 6.42 Å². The van der Waals surface area contributed by atoms with Gasteiger partial charge in [-0.05, 0) is 11.6 Å². The minimum atomic E-state index is -1.41. The first-order valence-corrected chi connectivity index (χ1v) is 9.69. The van der Waals surface area contributed by atoms with E-state index in [4.69, 9.17) is 5.73 Å². The summed E-state index contributed by atoms with van der Waals surface area (Å²) in [4.78, 5) is 63.0. The van der Waals surface area contributed by atoms with Crippen molar-refractivity contribution in [3.8, 4) is 0 Å². The molecular formula is C20H23N5O6. The zero-order valence-corrected chi connectivity index (χ0v) is 16.5. The second kappa shape index (κ2) is 9.39. The number of fused-ring (bicyclic) bond motifs is 1. The molecule has 1 saturated heterocycles. The normalized spacial score (nSPS) is 17.8. The van der Waals surface area contributed by atoms with Crippen molar-refractivity contribution in [2.75, 3.05) is 6.54 Å². The van der Waals surface area contributed by atoms with Gasteiger partial charge in [-0.15, -0.1) is 0 Å². The molecule has 3 amide bonds. The third kappa shape index (κ3) is 5.25. The Balaban J connectivity index is 1.72. The Morgan fingerprint density at radius 2 is 1.90 bits per heavy atom. The van der Waals surface area contributed by atoms with Crippen molar-refractivity contribution in [1.82, 2.24) is 20.9 Å². The van der Waals surface area contributed by atoms with Gasteiger partial charge in [0.1, 0.15) is 18.1 Å². The third-order valence-electron chi connectivity index (χ3n) is 5.06. The minimum absolute atomic E-state index is 0.0228. The van der Waals surface area contributed by atoms with Crippen molar-refractivity contribution in [1.29, 1.82) is 0 Å². The maximum Gasteiger partial charge on any atom is 0.326 e. The van der Waals surface area contributed by atoms with Gasteiger partial charge in [0, 0.05) is 36.5 Å². The molecule has 0 spiro atoms. The zero-order chi connectivity index (χ0) is 22.5. The predicted octanol–water partition coefficient (Wildman–Crippen LogP) is -1.43. The highest BCUT2D eigenvalue weighted by atomic mass is 16.4. The molecule has 0 saturated carbocycles. The lowest BCUT2D eigenvalue weighted by Crippen LogP contribution is -2.56. The molecule has 3 rings (SSSR count). The summed E-state index contributed by atoms with van der Waals surface area (Å²) in [6, 6.07) is 3.46. The van der Waals surface area contributed by atoms with Gasteiger partial charge >= 0.3 is 5.97 Å². The average molecular weight is 429 g/mol. The molecule has 164 valence electrons. The van der Waals surface area contributed by atoms with Crippen LogP contribution in [0, 0.1) is 0 Å². The largest absolute Gasteiger partial charge is 0.480 e. The lowest BCUT2D eigenvalue weighted by Gasteiger charge is -2.21. The summed E-state index contributed by atoms with van der Waals surface area (Å²) >= 11 is 0. The van der Waals surface area contributed by atoms with Crippen LogP contribution in [0.15, 0.2) is 30.5 Å². The molecule has 0 aliphatic carbocycles. The monoisotopic (exact) mass is 429 g/mol. The van der Waals surface area contributed by atoms with E-state index in [1.165, 1.54) is 0 Å². The summed E-state index contributed by atoms with van der Waals surface area (Å²) < 4.78 is 0. The van der Waals surface area contributed by atoms with Crippen LogP contribution >= 0.6 is 0 Å². The van der Waals surface area contributed by atoms with Gasteiger partial charge in [0.2, 0.25) is 17.7 Å². The van der Waals surface area contributed by atoms with Crippen LogP contribution in [0.4, 0.5) is 0 Å². The number of carbonyl (C=O) groups excluding carboxylic acids is 4. The number of carboxylic acids is 1. The Labute approximate surface area is 176 Å². The van der Waals surface area contributed by atoms with Crippen LogP contribution in [0.25, 0.3) is 10.9 Å². The van der Waals surface area contributed by atoms with Gasteiger partial charge in [-0.1, -0.05) is 18.2 Å². The molecule has 1 aliphatic heterocycles. The second-order valence-corrected chi connectivity index (χ2v) is 7.30. The van der Waals surface area contributed by atoms with Crippen LogP contribution in [0.5, 0.6) is 0 Å². The highest BCUT2D eigenvalue weighted by Crippen LogP contribution is 2.19. The Hall–Kier alpha value is -3.73. The summed E-state index contributed by atoms with van der Waals surface area (Å²) in [5.74, 6) is -4.14. The number of nitrogens with two attached hydrogens (primary N) is 1. The van der Waals surface area contributed by atoms with E-state index in [1.807, 2.05) is 24.3 Å². The highest BCUT2D eigenvalue weighted by molar-refractivity contribution is 6.08. The summed E-state index contributed by atoms with van der Waals surface area (Å²) in [6.45, 7) is 0.329. The van der Waals surface area contributed by atoms with Gasteiger partial charge in [-0.2, -0.15) is 0 Å². The molecule has 7 N–H and O–H groups in total. The minimum Gasteiger partial charge on any atom is -0.480 e. The highest BCUT2D eigenvalue weighted by Gasteiger charge is 2.34. The summed E-state index contributed by atoms with van der Waals surface area (Å²) in [5.41, 5.74) is 6.68. The van der Waals surface area contributed by atoms with E-state index < -0.39 is 48.2 Å². The number of H-pyrrole nitrogens is 1. The predicted molar refractivity (Wildman–Crippen MR) is 109 cm³/mol. The molecule has 31 heavy (non-hydrogen) atoms. The lowest BCUT2D eigenvalue weighted by atomic mass is 10.0. The Bertz CT molecular complexity index is 1030. The van der Waals surface area contributed by atoms with E-state index in [0.717, 1.165) is 10.9 Å². The van der Waals surface area contributed by atoms with Crippen LogP contribution in [-0.4, -0.2) is 64.2 Å². The smallest absolute Gasteiger partial charge is 0.326 e. The number of aromatic amines is 1. The fourth-order valence-corrected chi connectivity index (χ4v) is 3.50. The van der Waals surface area contributed by atoms with E-state index in [2.05, 4.69) is 20.9 Å². The Morgan fingerprint density at radius 1 is 1.16 bits per heavy atom. The van der Waals surface area contributed by atoms with Crippen molar-refractivity contribution in [3.05, 3.63) is 36.0 Å². The van der Waals surface area contributed by atoms with Gasteiger partial charge in [-0.3, -0.25) is 24.5 Å². The van der Waals surface area contributed by atoms with E-state index in [1.54, 1.807) is 6.20 Å². The number of hydrogen-bond donors (Lipinski definition) is 6. The molecule has 0 unspecified atom stereocenters. The first-order valence-electron chi connectivity index (χ1n) is 9.69. The number of rotatable bonds is 9. The number of para-hydroxylation sites is 1. The fourth-order valence-electron chi connectivity index (χ4n) is 3.50. The van der Waals surface area contributed by atoms with Crippen molar-refractivity contribution in [2.45, 2.75) is 37.4 Å². The number of nitrogens with one attached hydrogen (secondary N) is 4. The Kier molecular flexibility index (Phi) is 6.65. The number of Topliss-reactive ketones (excluding diaryl/α,β-unsaturated/α-hetero) is 1.